The number of hydrogen-bond acceptors (Lipinski definition) is 4. The van der Waals surface area contributed by atoms with Gasteiger partial charge in [-0.25, -0.2) is 14.2 Å². The number of amides is 3. The molecular weight excluding hydrogens is 436 g/mol. The Morgan fingerprint density at radius 3 is 2.59 bits per heavy atom. The molecule has 1 atom stereocenters. The molecule has 1 unspecified atom stereocenters. The molecule has 3 aromatic rings. The van der Waals surface area contributed by atoms with Crippen LogP contribution >= 0.6 is 34.5 Å². The molecule has 1 aromatic heterocycles. The van der Waals surface area contributed by atoms with E-state index in [4.69, 9.17) is 23.2 Å². The molecule has 1 aliphatic heterocycles. The topological polar surface area (TPSA) is 62.3 Å². The Morgan fingerprint density at radius 1 is 1.17 bits per heavy atom. The van der Waals surface area contributed by atoms with Crippen molar-refractivity contribution in [1.29, 1.82) is 0 Å². The van der Waals surface area contributed by atoms with Gasteiger partial charge in [-0.15, -0.1) is 11.3 Å². The molecule has 4 rings (SSSR count). The molecule has 1 aliphatic rings. The molecule has 0 spiro atoms. The fourth-order valence-electron chi connectivity index (χ4n) is 3.18. The lowest BCUT2D eigenvalue weighted by molar-refractivity contribution is -0.131. The molecule has 1 saturated heterocycles. The van der Waals surface area contributed by atoms with Gasteiger partial charge >= 0.3 is 6.03 Å². The van der Waals surface area contributed by atoms with Gasteiger partial charge in [-0.05, 0) is 43.3 Å². The number of aromatic nitrogens is 1. The van der Waals surface area contributed by atoms with Crippen molar-refractivity contribution in [2.75, 3.05) is 0 Å². The monoisotopic (exact) mass is 449 g/mol. The van der Waals surface area contributed by atoms with E-state index in [-0.39, 0.29) is 12.4 Å². The van der Waals surface area contributed by atoms with Crippen molar-refractivity contribution in [3.63, 3.8) is 0 Å². The number of carbonyl (C=O) groups excluding carboxylic acids is 2. The second kappa shape index (κ2) is 7.40. The Hall–Kier alpha value is -2.48. The molecule has 0 aliphatic carbocycles. The maximum Gasteiger partial charge on any atom is 0.325 e. The van der Waals surface area contributed by atoms with Crippen molar-refractivity contribution in [2.24, 2.45) is 0 Å². The highest BCUT2D eigenvalue weighted by Gasteiger charge is 2.50. The number of thiazole rings is 1. The van der Waals surface area contributed by atoms with Gasteiger partial charge in [0.15, 0.2) is 0 Å². The van der Waals surface area contributed by atoms with E-state index in [1.165, 1.54) is 29.5 Å². The van der Waals surface area contributed by atoms with Crippen molar-refractivity contribution in [3.8, 4) is 10.6 Å². The van der Waals surface area contributed by atoms with Gasteiger partial charge in [0.1, 0.15) is 16.4 Å². The van der Waals surface area contributed by atoms with Crippen LogP contribution in [0.1, 0.15) is 18.2 Å². The summed E-state index contributed by atoms with van der Waals surface area (Å²) in [6, 6.07) is 10.2. The van der Waals surface area contributed by atoms with Crippen molar-refractivity contribution in [3.05, 3.63) is 75.0 Å². The van der Waals surface area contributed by atoms with E-state index in [2.05, 4.69) is 10.3 Å². The minimum atomic E-state index is -1.30. The van der Waals surface area contributed by atoms with E-state index >= 15 is 0 Å². The zero-order chi connectivity index (χ0) is 20.8. The Morgan fingerprint density at radius 2 is 1.90 bits per heavy atom. The van der Waals surface area contributed by atoms with Crippen LogP contribution < -0.4 is 5.32 Å². The average Bonchev–Trinajstić information content (AvgIpc) is 3.21. The molecule has 0 bridgehead atoms. The zero-order valence-corrected chi connectivity index (χ0v) is 17.4. The normalized spacial score (nSPS) is 19.0. The molecule has 5 nitrogen and oxygen atoms in total. The minimum Gasteiger partial charge on any atom is -0.319 e. The van der Waals surface area contributed by atoms with Crippen molar-refractivity contribution in [1.82, 2.24) is 15.2 Å². The van der Waals surface area contributed by atoms with E-state index in [1.54, 1.807) is 36.6 Å². The lowest BCUT2D eigenvalue weighted by Crippen LogP contribution is -2.41. The minimum absolute atomic E-state index is 0.0170. The molecular formula is C20H14Cl2FN3O2S. The SMILES string of the molecule is CC1(c2ccc(Cl)cc2Cl)NC(=O)N(Cc2csc(-c3ccc(F)cc3)n2)C1=O. The van der Waals surface area contributed by atoms with Gasteiger partial charge in [0, 0.05) is 26.6 Å². The lowest BCUT2D eigenvalue weighted by Gasteiger charge is -2.23. The molecule has 1 fully saturated rings. The summed E-state index contributed by atoms with van der Waals surface area (Å²) in [5.41, 5.74) is 0.491. The molecule has 1 N–H and O–H groups in total. The number of urea groups is 1. The second-order valence-electron chi connectivity index (χ2n) is 6.72. The predicted molar refractivity (Wildman–Crippen MR) is 110 cm³/mol. The van der Waals surface area contributed by atoms with Gasteiger partial charge in [-0.1, -0.05) is 29.3 Å². The van der Waals surface area contributed by atoms with Gasteiger partial charge in [-0.3, -0.25) is 9.69 Å². The number of benzene rings is 2. The van der Waals surface area contributed by atoms with Crippen LogP contribution in [0.5, 0.6) is 0 Å². The average molecular weight is 450 g/mol. The van der Waals surface area contributed by atoms with Crippen molar-refractivity contribution in [2.45, 2.75) is 19.0 Å². The number of hydrogen-bond donors (Lipinski definition) is 1. The van der Waals surface area contributed by atoms with Crippen LogP contribution in [0.25, 0.3) is 10.6 Å². The first-order valence-corrected chi connectivity index (χ1v) is 10.2. The van der Waals surface area contributed by atoms with Gasteiger partial charge < -0.3 is 5.32 Å². The number of nitrogens with one attached hydrogen (secondary N) is 1. The highest BCUT2D eigenvalue weighted by atomic mass is 35.5. The van der Waals surface area contributed by atoms with Crippen LogP contribution in [0.4, 0.5) is 9.18 Å². The number of halogens is 3. The van der Waals surface area contributed by atoms with E-state index < -0.39 is 17.5 Å². The molecule has 148 valence electrons. The zero-order valence-electron chi connectivity index (χ0n) is 15.1. The summed E-state index contributed by atoms with van der Waals surface area (Å²) in [5, 5.41) is 5.89. The van der Waals surface area contributed by atoms with Gasteiger partial charge in [0.25, 0.3) is 5.91 Å². The highest BCUT2D eigenvalue weighted by Crippen LogP contribution is 2.35. The summed E-state index contributed by atoms with van der Waals surface area (Å²) in [6.07, 6.45) is 0. The van der Waals surface area contributed by atoms with Crippen LogP contribution in [0, 0.1) is 5.82 Å². The van der Waals surface area contributed by atoms with Crippen LogP contribution in [-0.4, -0.2) is 21.8 Å². The summed E-state index contributed by atoms with van der Waals surface area (Å²) in [4.78, 5) is 31.2. The maximum atomic E-state index is 13.1. The maximum absolute atomic E-state index is 13.1. The fourth-order valence-corrected chi connectivity index (χ4v) is 4.60. The Labute approximate surface area is 180 Å². The van der Waals surface area contributed by atoms with E-state index in [0.717, 1.165) is 10.5 Å². The lowest BCUT2D eigenvalue weighted by atomic mass is 9.92. The second-order valence-corrected chi connectivity index (χ2v) is 8.42. The number of nitrogens with zero attached hydrogens (tertiary/aromatic N) is 2. The third kappa shape index (κ3) is 3.61. The van der Waals surface area contributed by atoms with Crippen LogP contribution in [-0.2, 0) is 16.9 Å². The molecule has 2 aromatic carbocycles. The molecule has 9 heteroatoms. The summed E-state index contributed by atoms with van der Waals surface area (Å²) >= 11 is 13.6. The highest BCUT2D eigenvalue weighted by molar-refractivity contribution is 7.13. The molecule has 29 heavy (non-hydrogen) atoms. The first kappa shape index (κ1) is 19.8. The van der Waals surface area contributed by atoms with Gasteiger partial charge in [0.05, 0.1) is 12.2 Å². The number of carbonyl (C=O) groups is 2. The van der Waals surface area contributed by atoms with Crippen LogP contribution in [0.15, 0.2) is 47.8 Å². The predicted octanol–water partition coefficient (Wildman–Crippen LogP) is 5.22. The standard InChI is InChI=1S/C20H14Cl2FN3O2S/c1-20(15-7-4-12(21)8-16(15)22)18(27)26(19(28)25-20)9-14-10-29-17(24-14)11-2-5-13(23)6-3-11/h2-8,10H,9H2,1H3,(H,25,28). The Bertz CT molecular complexity index is 1120. The number of rotatable bonds is 4. The molecule has 0 saturated carbocycles. The third-order valence-electron chi connectivity index (χ3n) is 4.71. The summed E-state index contributed by atoms with van der Waals surface area (Å²) in [5.74, 6) is -0.756. The Balaban J connectivity index is 1.58. The Kier molecular flexibility index (Phi) is 5.06. The van der Waals surface area contributed by atoms with Gasteiger partial charge in [0.2, 0.25) is 0 Å². The summed E-state index contributed by atoms with van der Waals surface area (Å²) in [7, 11) is 0. The van der Waals surface area contributed by atoms with E-state index in [0.29, 0.717) is 26.3 Å². The van der Waals surface area contributed by atoms with E-state index in [1.807, 2.05) is 0 Å². The first-order chi connectivity index (χ1) is 13.8. The van der Waals surface area contributed by atoms with Crippen molar-refractivity contribution >= 4 is 46.5 Å². The first-order valence-electron chi connectivity index (χ1n) is 8.58. The van der Waals surface area contributed by atoms with Crippen LogP contribution in [0.2, 0.25) is 10.0 Å². The molecule has 2 heterocycles. The summed E-state index contributed by atoms with van der Waals surface area (Å²) < 4.78 is 13.1. The summed E-state index contributed by atoms with van der Waals surface area (Å²) in [6.45, 7) is 1.62. The molecule has 3 amide bonds. The largest absolute Gasteiger partial charge is 0.325 e. The quantitative estimate of drug-likeness (QED) is 0.555. The smallest absolute Gasteiger partial charge is 0.319 e. The third-order valence-corrected chi connectivity index (χ3v) is 6.20. The fraction of sp³-hybridized carbons (Fsp3) is 0.150. The van der Waals surface area contributed by atoms with E-state index in [9.17, 15) is 14.0 Å². The van der Waals surface area contributed by atoms with Crippen molar-refractivity contribution < 1.29 is 14.0 Å². The van der Waals surface area contributed by atoms with Crippen LogP contribution in [0.3, 0.4) is 0 Å². The molecule has 0 radical (unpaired) electrons. The number of imide groups is 1. The van der Waals surface area contributed by atoms with Gasteiger partial charge in [-0.2, -0.15) is 0 Å².